The van der Waals surface area contributed by atoms with Crippen molar-refractivity contribution in [3.05, 3.63) is 29.8 Å². The molecule has 2 rings (SSSR count). The lowest BCUT2D eigenvalue weighted by Gasteiger charge is -2.29. The Morgan fingerprint density at radius 1 is 0.967 bits per heavy atom. The van der Waals surface area contributed by atoms with Crippen LogP contribution in [0.25, 0.3) is 0 Å². The van der Waals surface area contributed by atoms with E-state index in [1.54, 1.807) is 53.7 Å². The first-order chi connectivity index (χ1) is 13.6. The van der Waals surface area contributed by atoms with Crippen LogP contribution in [0.4, 0.5) is 4.79 Å². The summed E-state index contributed by atoms with van der Waals surface area (Å²) in [6.07, 6.45) is -1.64. The van der Waals surface area contributed by atoms with Crippen molar-refractivity contribution < 1.29 is 31.7 Å². The highest BCUT2D eigenvalue weighted by Crippen LogP contribution is 2.28. The lowest BCUT2D eigenvalue weighted by atomic mass is 10.1. The molecule has 1 fully saturated rings. The number of aryl methyl sites for hydroxylation is 1. The lowest BCUT2D eigenvalue weighted by molar-refractivity contribution is -0.160. The molecule has 0 spiro atoms. The second-order valence-corrected chi connectivity index (χ2v) is 11.0. The zero-order valence-electron chi connectivity index (χ0n) is 18.6. The van der Waals surface area contributed by atoms with Crippen molar-refractivity contribution in [1.29, 1.82) is 0 Å². The van der Waals surface area contributed by atoms with Crippen molar-refractivity contribution >= 4 is 22.2 Å². The molecule has 1 aliphatic rings. The van der Waals surface area contributed by atoms with Crippen LogP contribution in [0.1, 0.15) is 53.5 Å². The monoisotopic (exact) mass is 441 g/mol. The van der Waals surface area contributed by atoms with Gasteiger partial charge in [0, 0.05) is 6.42 Å². The Morgan fingerprint density at radius 3 is 2.00 bits per heavy atom. The van der Waals surface area contributed by atoms with Gasteiger partial charge in [0.15, 0.2) is 0 Å². The molecule has 168 valence electrons. The molecule has 1 aromatic carbocycles. The largest absolute Gasteiger partial charge is 0.458 e. The summed E-state index contributed by atoms with van der Waals surface area (Å²) in [6.45, 7) is 12.0. The van der Waals surface area contributed by atoms with E-state index in [0.717, 1.165) is 5.56 Å². The third kappa shape index (κ3) is 6.70. The molecule has 9 heteroatoms. The van der Waals surface area contributed by atoms with E-state index >= 15 is 0 Å². The van der Waals surface area contributed by atoms with E-state index in [2.05, 4.69) is 0 Å². The van der Waals surface area contributed by atoms with Gasteiger partial charge in [0.25, 0.3) is 10.1 Å². The van der Waals surface area contributed by atoms with Gasteiger partial charge in [0.05, 0.1) is 17.5 Å². The predicted octanol–water partition coefficient (Wildman–Crippen LogP) is 3.42. The van der Waals surface area contributed by atoms with Crippen LogP contribution >= 0.6 is 0 Å². The van der Waals surface area contributed by atoms with Crippen molar-refractivity contribution in [2.24, 2.45) is 0 Å². The van der Waals surface area contributed by atoms with E-state index in [1.807, 2.05) is 6.92 Å². The first-order valence-corrected chi connectivity index (χ1v) is 11.2. The highest BCUT2D eigenvalue weighted by molar-refractivity contribution is 7.86. The number of amides is 1. The molecular formula is C21H31NO7S. The fraction of sp³-hybridized carbons (Fsp3) is 0.619. The van der Waals surface area contributed by atoms with Crippen LogP contribution in [0.5, 0.6) is 0 Å². The van der Waals surface area contributed by atoms with Gasteiger partial charge in [0.2, 0.25) is 0 Å². The number of esters is 1. The van der Waals surface area contributed by atoms with Crippen LogP contribution in [0.3, 0.4) is 0 Å². The van der Waals surface area contributed by atoms with Crippen molar-refractivity contribution in [1.82, 2.24) is 4.90 Å². The van der Waals surface area contributed by atoms with Gasteiger partial charge in [-0.2, -0.15) is 8.42 Å². The quantitative estimate of drug-likeness (QED) is 0.521. The maximum absolute atomic E-state index is 12.7. The van der Waals surface area contributed by atoms with Gasteiger partial charge >= 0.3 is 12.1 Å². The maximum atomic E-state index is 12.7. The van der Waals surface area contributed by atoms with Crippen LogP contribution in [-0.4, -0.2) is 55.3 Å². The normalized spacial score (nSPS) is 20.2. The van der Waals surface area contributed by atoms with E-state index in [1.165, 1.54) is 17.0 Å². The number of carbonyl (C=O) groups is 2. The zero-order valence-corrected chi connectivity index (χ0v) is 19.4. The van der Waals surface area contributed by atoms with E-state index < -0.39 is 45.5 Å². The molecule has 0 saturated carbocycles. The van der Waals surface area contributed by atoms with Crippen molar-refractivity contribution in [2.75, 3.05) is 6.54 Å². The molecular weight excluding hydrogens is 410 g/mol. The Morgan fingerprint density at radius 2 is 1.50 bits per heavy atom. The maximum Gasteiger partial charge on any atom is 0.411 e. The average Bonchev–Trinajstić information content (AvgIpc) is 2.95. The molecule has 2 atom stereocenters. The van der Waals surface area contributed by atoms with Gasteiger partial charge in [-0.25, -0.2) is 9.59 Å². The van der Waals surface area contributed by atoms with Gasteiger partial charge < -0.3 is 9.47 Å². The summed E-state index contributed by atoms with van der Waals surface area (Å²) in [6, 6.07) is 5.24. The highest BCUT2D eigenvalue weighted by atomic mass is 32.2. The number of carbonyl (C=O) groups excluding carboxylic acids is 2. The molecule has 0 aromatic heterocycles. The third-order valence-corrected chi connectivity index (χ3v) is 5.52. The molecule has 0 bridgehead atoms. The Bertz CT molecular complexity index is 843. The van der Waals surface area contributed by atoms with Crippen molar-refractivity contribution in [3.8, 4) is 0 Å². The summed E-state index contributed by atoms with van der Waals surface area (Å²) in [5.74, 6) is -0.632. The van der Waals surface area contributed by atoms with Crippen LogP contribution in [0, 0.1) is 6.92 Å². The standard InChI is InChI=1S/C21H31NO7S/c1-14-8-10-16(11-9-14)30(25,26)29-15-12-17(18(23)27-20(2,3)4)22(13-15)19(24)28-21(5,6)7/h8-11,15,17H,12-13H2,1-7H3/t15-,17-/m0/s1. The van der Waals surface area contributed by atoms with E-state index in [0.29, 0.717) is 0 Å². The molecule has 0 N–H and O–H groups in total. The molecule has 0 radical (unpaired) electrons. The van der Waals surface area contributed by atoms with Crippen molar-refractivity contribution in [2.45, 2.75) is 83.1 Å². The van der Waals surface area contributed by atoms with Crippen LogP contribution in [0.2, 0.25) is 0 Å². The highest BCUT2D eigenvalue weighted by Gasteiger charge is 2.45. The van der Waals surface area contributed by atoms with Gasteiger partial charge in [-0.15, -0.1) is 0 Å². The van der Waals surface area contributed by atoms with Gasteiger partial charge in [0.1, 0.15) is 17.2 Å². The second-order valence-electron chi connectivity index (χ2n) is 9.40. The summed E-state index contributed by atoms with van der Waals surface area (Å²) >= 11 is 0. The van der Waals surface area contributed by atoms with Gasteiger partial charge in [-0.05, 0) is 60.6 Å². The minimum atomic E-state index is -4.06. The molecule has 30 heavy (non-hydrogen) atoms. The van der Waals surface area contributed by atoms with E-state index in [9.17, 15) is 18.0 Å². The number of hydrogen-bond donors (Lipinski definition) is 0. The van der Waals surface area contributed by atoms with Crippen LogP contribution in [-0.2, 0) is 28.6 Å². The topological polar surface area (TPSA) is 99.2 Å². The molecule has 8 nitrogen and oxygen atoms in total. The molecule has 1 aliphatic heterocycles. The Balaban J connectivity index is 2.23. The fourth-order valence-corrected chi connectivity index (χ4v) is 4.00. The Kier molecular flexibility index (Phi) is 6.88. The minimum Gasteiger partial charge on any atom is -0.458 e. The predicted molar refractivity (Wildman–Crippen MR) is 110 cm³/mol. The summed E-state index contributed by atoms with van der Waals surface area (Å²) < 4.78 is 41.4. The van der Waals surface area contributed by atoms with E-state index in [4.69, 9.17) is 13.7 Å². The number of rotatable bonds is 4. The fourth-order valence-electron chi connectivity index (χ4n) is 2.92. The lowest BCUT2D eigenvalue weighted by Crippen LogP contribution is -2.45. The average molecular weight is 442 g/mol. The molecule has 1 heterocycles. The first kappa shape index (κ1) is 24.1. The van der Waals surface area contributed by atoms with E-state index in [-0.39, 0.29) is 17.9 Å². The number of ether oxygens (including phenoxy) is 2. The smallest absolute Gasteiger partial charge is 0.411 e. The SMILES string of the molecule is Cc1ccc(S(=O)(=O)O[C@H]2C[C@@H](C(=O)OC(C)(C)C)N(C(=O)OC(C)(C)C)C2)cc1. The number of nitrogens with zero attached hydrogens (tertiary/aromatic N) is 1. The molecule has 1 saturated heterocycles. The summed E-state index contributed by atoms with van der Waals surface area (Å²) in [5.41, 5.74) is -0.623. The zero-order chi connectivity index (χ0) is 22.9. The summed E-state index contributed by atoms with van der Waals surface area (Å²) in [5, 5.41) is 0. The minimum absolute atomic E-state index is 0.0117. The summed E-state index contributed by atoms with van der Waals surface area (Å²) in [7, 11) is -4.06. The number of benzene rings is 1. The Labute approximate surface area is 178 Å². The molecule has 1 amide bonds. The van der Waals surface area contributed by atoms with Crippen LogP contribution in [0.15, 0.2) is 29.2 Å². The second kappa shape index (κ2) is 8.55. The number of hydrogen-bond acceptors (Lipinski definition) is 7. The Hall–Kier alpha value is -2.13. The van der Waals surface area contributed by atoms with Gasteiger partial charge in [-0.3, -0.25) is 9.08 Å². The first-order valence-electron chi connectivity index (χ1n) is 9.80. The molecule has 1 aromatic rings. The number of likely N-dealkylation sites (tertiary alicyclic amines) is 1. The van der Waals surface area contributed by atoms with Crippen molar-refractivity contribution in [3.63, 3.8) is 0 Å². The molecule has 0 unspecified atom stereocenters. The summed E-state index contributed by atoms with van der Waals surface area (Å²) in [4.78, 5) is 26.5. The van der Waals surface area contributed by atoms with Gasteiger partial charge in [-0.1, -0.05) is 17.7 Å². The molecule has 0 aliphatic carbocycles. The van der Waals surface area contributed by atoms with Crippen LogP contribution < -0.4 is 0 Å². The third-order valence-electron chi connectivity index (χ3n) is 4.14.